The molecule has 0 N–H and O–H groups in total. The molecule has 0 aromatic heterocycles. The molecule has 0 saturated heterocycles. The summed E-state index contributed by atoms with van der Waals surface area (Å²) in [5, 5.41) is 0. The predicted molar refractivity (Wildman–Crippen MR) is 76.0 cm³/mol. The third-order valence-corrected chi connectivity index (χ3v) is 3.52. The second-order valence-electron chi connectivity index (χ2n) is 5.02. The molecule has 0 bridgehead atoms. The number of ketones is 1. The molecule has 1 aliphatic carbocycles. The number of Topliss-reactive ketones (excluding diaryl/α,β-unsaturated/α-hetero) is 1. The van der Waals surface area contributed by atoms with Crippen LogP contribution in [0.5, 0.6) is 5.75 Å². The lowest BCUT2D eigenvalue weighted by atomic mass is 10.0. The molecule has 0 amide bonds. The molecule has 2 aromatic carbocycles. The van der Waals surface area contributed by atoms with Crippen LogP contribution >= 0.6 is 0 Å². The van der Waals surface area contributed by atoms with Crippen LogP contribution in [0.3, 0.4) is 0 Å². The first-order valence-corrected chi connectivity index (χ1v) is 6.50. The Morgan fingerprint density at radius 2 is 1.60 bits per heavy atom. The summed E-state index contributed by atoms with van der Waals surface area (Å²) < 4.78 is 5.11. The molecule has 3 nitrogen and oxygen atoms in total. The van der Waals surface area contributed by atoms with Crippen LogP contribution < -0.4 is 4.74 Å². The number of fused-ring (bicyclic) bond motifs is 3. The molecule has 3 rings (SSSR count). The van der Waals surface area contributed by atoms with E-state index in [2.05, 4.69) is 0 Å². The zero-order chi connectivity index (χ0) is 14.3. The smallest absolute Gasteiger partial charge is 0.308 e. The Labute approximate surface area is 117 Å². The number of carbonyl (C=O) groups is 2. The normalized spacial score (nSPS) is 11.7. The fourth-order valence-electron chi connectivity index (χ4n) is 2.64. The number of carbonyl (C=O) groups excluding carboxylic acids is 2. The first-order chi connectivity index (χ1) is 9.54. The maximum absolute atomic E-state index is 11.4. The van der Waals surface area contributed by atoms with E-state index in [0.29, 0.717) is 5.75 Å². The Kier molecular flexibility index (Phi) is 2.90. The van der Waals surface area contributed by atoms with E-state index in [0.717, 1.165) is 34.2 Å². The number of esters is 1. The molecule has 100 valence electrons. The molecule has 0 fully saturated rings. The van der Waals surface area contributed by atoms with Crippen LogP contribution in [0.1, 0.15) is 35.3 Å². The molecule has 0 unspecified atom stereocenters. The lowest BCUT2D eigenvalue weighted by Gasteiger charge is -2.05. The second kappa shape index (κ2) is 4.60. The van der Waals surface area contributed by atoms with Gasteiger partial charge in [-0.3, -0.25) is 9.59 Å². The summed E-state index contributed by atoms with van der Waals surface area (Å²) >= 11 is 0. The van der Waals surface area contributed by atoms with Crippen LogP contribution in [0.25, 0.3) is 11.1 Å². The van der Waals surface area contributed by atoms with Crippen molar-refractivity contribution in [3.05, 3.63) is 53.1 Å². The van der Waals surface area contributed by atoms with Crippen molar-refractivity contribution in [3.63, 3.8) is 0 Å². The van der Waals surface area contributed by atoms with Crippen molar-refractivity contribution < 1.29 is 14.3 Å². The minimum absolute atomic E-state index is 0.0735. The van der Waals surface area contributed by atoms with Gasteiger partial charge >= 0.3 is 5.97 Å². The summed E-state index contributed by atoms with van der Waals surface area (Å²) in [6.07, 6.45) is 0.765. The first-order valence-electron chi connectivity index (χ1n) is 6.50. The van der Waals surface area contributed by atoms with E-state index in [1.807, 2.05) is 30.3 Å². The van der Waals surface area contributed by atoms with Gasteiger partial charge in [-0.05, 0) is 53.8 Å². The zero-order valence-corrected chi connectivity index (χ0v) is 11.4. The van der Waals surface area contributed by atoms with Gasteiger partial charge in [-0.25, -0.2) is 0 Å². The van der Waals surface area contributed by atoms with Gasteiger partial charge in [0.15, 0.2) is 5.78 Å². The molecular weight excluding hydrogens is 252 g/mol. The summed E-state index contributed by atoms with van der Waals surface area (Å²) in [5.41, 5.74) is 5.30. The highest BCUT2D eigenvalue weighted by Crippen LogP contribution is 2.38. The standard InChI is InChI=1S/C17H14O3/c1-10(18)12-3-5-16-13(7-12)8-14-9-15(20-11(2)19)4-6-17(14)16/h3-7,9H,8H2,1-2H3. The molecule has 0 aliphatic heterocycles. The molecule has 0 atom stereocenters. The van der Waals surface area contributed by atoms with Gasteiger partial charge in [-0.1, -0.05) is 18.2 Å². The van der Waals surface area contributed by atoms with E-state index in [9.17, 15) is 9.59 Å². The van der Waals surface area contributed by atoms with Crippen LogP contribution in [-0.4, -0.2) is 11.8 Å². The Hall–Kier alpha value is -2.42. The van der Waals surface area contributed by atoms with Crippen molar-refractivity contribution in [2.75, 3.05) is 0 Å². The predicted octanol–water partition coefficient (Wildman–Crippen LogP) is 3.39. The van der Waals surface area contributed by atoms with Gasteiger partial charge in [0.2, 0.25) is 0 Å². The van der Waals surface area contributed by atoms with Gasteiger partial charge in [0, 0.05) is 12.5 Å². The molecule has 0 saturated carbocycles. The lowest BCUT2D eigenvalue weighted by molar-refractivity contribution is -0.131. The van der Waals surface area contributed by atoms with Crippen molar-refractivity contribution in [1.29, 1.82) is 0 Å². The number of hydrogen-bond acceptors (Lipinski definition) is 3. The fraction of sp³-hybridized carbons (Fsp3) is 0.176. The molecule has 2 aromatic rings. The highest BCUT2D eigenvalue weighted by molar-refractivity contribution is 5.95. The Bertz CT molecular complexity index is 729. The molecular formula is C17H14O3. The molecule has 0 heterocycles. The van der Waals surface area contributed by atoms with Crippen molar-refractivity contribution in [3.8, 4) is 16.9 Å². The van der Waals surface area contributed by atoms with E-state index >= 15 is 0 Å². The van der Waals surface area contributed by atoms with Gasteiger partial charge in [0.25, 0.3) is 0 Å². The Morgan fingerprint density at radius 1 is 0.950 bits per heavy atom. The molecule has 0 spiro atoms. The molecule has 1 aliphatic rings. The summed E-state index contributed by atoms with van der Waals surface area (Å²) in [5.74, 6) is 0.319. The number of rotatable bonds is 2. The van der Waals surface area contributed by atoms with Gasteiger partial charge in [0.1, 0.15) is 5.75 Å². The van der Waals surface area contributed by atoms with Gasteiger partial charge in [-0.2, -0.15) is 0 Å². The van der Waals surface area contributed by atoms with Crippen LogP contribution in [0.15, 0.2) is 36.4 Å². The monoisotopic (exact) mass is 266 g/mol. The third kappa shape index (κ3) is 2.11. The lowest BCUT2D eigenvalue weighted by Crippen LogP contribution is -2.01. The first kappa shape index (κ1) is 12.6. The largest absolute Gasteiger partial charge is 0.427 e. The molecule has 0 radical (unpaired) electrons. The average Bonchev–Trinajstić information content (AvgIpc) is 2.74. The van der Waals surface area contributed by atoms with Gasteiger partial charge in [0.05, 0.1) is 0 Å². The summed E-state index contributed by atoms with van der Waals surface area (Å²) in [6, 6.07) is 11.5. The molecule has 20 heavy (non-hydrogen) atoms. The van der Waals surface area contributed by atoms with E-state index in [1.165, 1.54) is 6.92 Å². The second-order valence-corrected chi connectivity index (χ2v) is 5.02. The Morgan fingerprint density at radius 3 is 2.25 bits per heavy atom. The third-order valence-electron chi connectivity index (χ3n) is 3.52. The summed E-state index contributed by atoms with van der Waals surface area (Å²) in [6.45, 7) is 2.96. The minimum Gasteiger partial charge on any atom is -0.427 e. The summed E-state index contributed by atoms with van der Waals surface area (Å²) in [4.78, 5) is 22.4. The SMILES string of the molecule is CC(=O)Oc1ccc2c(c1)Cc1cc(C(C)=O)ccc1-2. The van der Waals surface area contributed by atoms with Crippen LogP contribution in [0.2, 0.25) is 0 Å². The van der Waals surface area contributed by atoms with E-state index < -0.39 is 0 Å². The van der Waals surface area contributed by atoms with Crippen molar-refractivity contribution >= 4 is 11.8 Å². The van der Waals surface area contributed by atoms with E-state index in [-0.39, 0.29) is 11.8 Å². The summed E-state index contributed by atoms with van der Waals surface area (Å²) in [7, 11) is 0. The zero-order valence-electron chi connectivity index (χ0n) is 11.4. The topological polar surface area (TPSA) is 43.4 Å². The van der Waals surface area contributed by atoms with Gasteiger partial charge < -0.3 is 4.74 Å². The molecule has 3 heteroatoms. The highest BCUT2D eigenvalue weighted by Gasteiger charge is 2.20. The number of benzene rings is 2. The Balaban J connectivity index is 2.01. The van der Waals surface area contributed by atoms with Crippen molar-refractivity contribution in [2.45, 2.75) is 20.3 Å². The fourth-order valence-corrected chi connectivity index (χ4v) is 2.64. The quantitative estimate of drug-likeness (QED) is 0.405. The maximum atomic E-state index is 11.4. The van der Waals surface area contributed by atoms with Gasteiger partial charge in [-0.15, -0.1) is 0 Å². The maximum Gasteiger partial charge on any atom is 0.308 e. The van der Waals surface area contributed by atoms with Crippen molar-refractivity contribution in [1.82, 2.24) is 0 Å². The highest BCUT2D eigenvalue weighted by atomic mass is 16.5. The van der Waals surface area contributed by atoms with E-state index in [1.54, 1.807) is 13.0 Å². The number of hydrogen-bond donors (Lipinski definition) is 0. The minimum atomic E-state index is -0.320. The van der Waals surface area contributed by atoms with Crippen molar-refractivity contribution in [2.24, 2.45) is 0 Å². The van der Waals surface area contributed by atoms with E-state index in [4.69, 9.17) is 4.74 Å². The number of ether oxygens (including phenoxy) is 1. The average molecular weight is 266 g/mol. The van der Waals surface area contributed by atoms with Crippen LogP contribution in [0.4, 0.5) is 0 Å². The van der Waals surface area contributed by atoms with Crippen LogP contribution in [0, 0.1) is 0 Å². The van der Waals surface area contributed by atoms with Crippen LogP contribution in [-0.2, 0) is 11.2 Å².